The number of ether oxygens (including phenoxy) is 2. The van der Waals surface area contributed by atoms with Crippen LogP contribution in [0, 0.1) is 0 Å². The molecule has 0 rings (SSSR count). The minimum absolute atomic E-state index is 0.00306. The highest BCUT2D eigenvalue weighted by molar-refractivity contribution is 4.62. The molecule has 0 fully saturated rings. The van der Waals surface area contributed by atoms with Gasteiger partial charge in [0.05, 0.1) is 6.73 Å². The lowest BCUT2D eigenvalue weighted by molar-refractivity contribution is -0.267. The first-order valence-electron chi connectivity index (χ1n) is 3.39. The number of rotatable bonds is 4. The van der Waals surface area contributed by atoms with Crippen molar-refractivity contribution < 1.29 is 9.47 Å². The third-order valence-corrected chi connectivity index (χ3v) is 0.836. The van der Waals surface area contributed by atoms with Crippen LogP contribution in [0.4, 0.5) is 0 Å². The summed E-state index contributed by atoms with van der Waals surface area (Å²) in [5, 5.41) is 0. The van der Waals surface area contributed by atoms with Crippen LogP contribution < -0.4 is 17.2 Å². The molecule has 1 atom stereocenters. The molecule has 6 N–H and O–H groups in total. The third-order valence-electron chi connectivity index (χ3n) is 0.836. The Morgan fingerprint density at radius 3 is 1.91 bits per heavy atom. The van der Waals surface area contributed by atoms with E-state index in [0.29, 0.717) is 0 Å². The molecular formula is C6H17N3O2. The molecule has 0 aromatic rings. The van der Waals surface area contributed by atoms with E-state index in [4.69, 9.17) is 26.7 Å². The van der Waals surface area contributed by atoms with Gasteiger partial charge in [0.2, 0.25) is 5.91 Å². The first kappa shape index (κ1) is 10.8. The molecule has 0 heterocycles. The van der Waals surface area contributed by atoms with Crippen LogP contribution in [-0.4, -0.2) is 18.4 Å². The summed E-state index contributed by atoms with van der Waals surface area (Å²) in [6, 6.07) is 0. The van der Waals surface area contributed by atoms with Gasteiger partial charge in [-0.25, -0.2) is 0 Å². The monoisotopic (exact) mass is 163 g/mol. The summed E-state index contributed by atoms with van der Waals surface area (Å²) < 4.78 is 9.98. The molecular weight excluding hydrogens is 146 g/mol. The molecule has 0 saturated heterocycles. The van der Waals surface area contributed by atoms with Crippen LogP contribution in [0.3, 0.4) is 0 Å². The fraction of sp³-hybridized carbons (Fsp3) is 1.00. The van der Waals surface area contributed by atoms with Crippen molar-refractivity contribution in [2.24, 2.45) is 17.2 Å². The van der Waals surface area contributed by atoms with E-state index in [-0.39, 0.29) is 6.73 Å². The Morgan fingerprint density at radius 2 is 1.64 bits per heavy atom. The number of nitrogens with two attached hydrogens (primary N) is 3. The summed E-state index contributed by atoms with van der Waals surface area (Å²) in [4.78, 5) is 0. The van der Waals surface area contributed by atoms with Crippen molar-refractivity contribution in [3.8, 4) is 0 Å². The maximum atomic E-state index is 5.53. The number of hydrogen-bond donors (Lipinski definition) is 3. The third kappa shape index (κ3) is 6.21. The first-order chi connectivity index (χ1) is 4.77. The lowest BCUT2D eigenvalue weighted by Gasteiger charge is -2.32. The standard InChI is InChI=1S/C6H17N3O2/c1-5(2,8)11-6(3,9)10-4-7/h4,7-9H2,1-3H3. The Morgan fingerprint density at radius 1 is 1.18 bits per heavy atom. The molecule has 0 radical (unpaired) electrons. The normalized spacial score (nSPS) is 18.0. The molecule has 0 amide bonds. The van der Waals surface area contributed by atoms with Gasteiger partial charge < -0.3 is 20.9 Å². The van der Waals surface area contributed by atoms with Crippen molar-refractivity contribution in [1.82, 2.24) is 0 Å². The summed E-state index contributed by atoms with van der Waals surface area (Å²) in [6.07, 6.45) is 0. The van der Waals surface area contributed by atoms with Crippen LogP contribution in [0.5, 0.6) is 0 Å². The second kappa shape index (κ2) is 3.46. The Kier molecular flexibility index (Phi) is 3.40. The lowest BCUT2D eigenvalue weighted by atomic mass is 10.3. The molecule has 0 saturated carbocycles. The first-order valence-corrected chi connectivity index (χ1v) is 3.39. The molecule has 0 aromatic heterocycles. The smallest absolute Gasteiger partial charge is 0.224 e. The summed E-state index contributed by atoms with van der Waals surface area (Å²) in [6.45, 7) is 4.91. The van der Waals surface area contributed by atoms with Gasteiger partial charge in [-0.1, -0.05) is 0 Å². The van der Waals surface area contributed by atoms with E-state index < -0.39 is 11.6 Å². The quantitative estimate of drug-likeness (QED) is 0.474. The highest BCUT2D eigenvalue weighted by Gasteiger charge is 2.26. The van der Waals surface area contributed by atoms with Gasteiger partial charge in [0, 0.05) is 6.92 Å². The predicted octanol–water partition coefficient (Wildman–Crippen LogP) is -0.737. The van der Waals surface area contributed by atoms with Gasteiger partial charge in [0.15, 0.2) is 0 Å². The zero-order valence-electron chi connectivity index (χ0n) is 7.26. The molecule has 0 spiro atoms. The molecule has 0 aliphatic rings. The molecule has 0 bridgehead atoms. The van der Waals surface area contributed by atoms with E-state index in [1.807, 2.05) is 0 Å². The lowest BCUT2D eigenvalue weighted by Crippen LogP contribution is -2.52. The molecule has 0 aromatic carbocycles. The Hall–Kier alpha value is -0.200. The molecule has 68 valence electrons. The molecule has 5 heteroatoms. The van der Waals surface area contributed by atoms with Crippen LogP contribution in [0.1, 0.15) is 20.8 Å². The molecule has 1 unspecified atom stereocenters. The largest absolute Gasteiger partial charge is 0.322 e. The van der Waals surface area contributed by atoms with Crippen LogP contribution >= 0.6 is 0 Å². The van der Waals surface area contributed by atoms with E-state index >= 15 is 0 Å². The molecule has 11 heavy (non-hydrogen) atoms. The van der Waals surface area contributed by atoms with Crippen LogP contribution in [0.15, 0.2) is 0 Å². The summed E-state index contributed by atoms with van der Waals surface area (Å²) in [7, 11) is 0. The maximum absolute atomic E-state index is 5.53. The highest BCUT2D eigenvalue weighted by atomic mass is 16.7. The molecule has 5 nitrogen and oxygen atoms in total. The van der Waals surface area contributed by atoms with Crippen LogP contribution in [0.25, 0.3) is 0 Å². The van der Waals surface area contributed by atoms with Gasteiger partial charge in [-0.3, -0.25) is 5.73 Å². The average molecular weight is 163 g/mol. The molecule has 0 aliphatic heterocycles. The highest BCUT2D eigenvalue weighted by Crippen LogP contribution is 2.11. The van der Waals surface area contributed by atoms with Gasteiger partial charge in [-0.2, -0.15) is 0 Å². The number of hydrogen-bond acceptors (Lipinski definition) is 5. The van der Waals surface area contributed by atoms with E-state index in [9.17, 15) is 0 Å². The Labute approximate surface area is 66.8 Å². The molecule has 0 aliphatic carbocycles. The minimum atomic E-state index is -1.22. The van der Waals surface area contributed by atoms with E-state index in [1.165, 1.54) is 0 Å². The summed E-state index contributed by atoms with van der Waals surface area (Å²) in [5.74, 6) is -1.22. The fourth-order valence-corrected chi connectivity index (χ4v) is 0.717. The second-order valence-electron chi connectivity index (χ2n) is 3.03. The van der Waals surface area contributed by atoms with Crippen LogP contribution in [-0.2, 0) is 9.47 Å². The summed E-state index contributed by atoms with van der Waals surface area (Å²) >= 11 is 0. The summed E-state index contributed by atoms with van der Waals surface area (Å²) in [5.41, 5.74) is 15.3. The van der Waals surface area contributed by atoms with Gasteiger partial charge >= 0.3 is 0 Å². The van der Waals surface area contributed by atoms with Gasteiger partial charge in [0.1, 0.15) is 5.72 Å². The van der Waals surface area contributed by atoms with Gasteiger partial charge in [-0.15, -0.1) is 0 Å². The maximum Gasteiger partial charge on any atom is 0.224 e. The predicted molar refractivity (Wildman–Crippen MR) is 42.1 cm³/mol. The van der Waals surface area contributed by atoms with Crippen LogP contribution in [0.2, 0.25) is 0 Å². The van der Waals surface area contributed by atoms with E-state index in [1.54, 1.807) is 20.8 Å². The van der Waals surface area contributed by atoms with E-state index in [0.717, 1.165) is 0 Å². The minimum Gasteiger partial charge on any atom is -0.322 e. The Bertz CT molecular complexity index is 119. The van der Waals surface area contributed by atoms with Crippen molar-refractivity contribution in [2.45, 2.75) is 32.4 Å². The topological polar surface area (TPSA) is 96.5 Å². The van der Waals surface area contributed by atoms with Crippen molar-refractivity contribution >= 4 is 0 Å². The van der Waals surface area contributed by atoms with Gasteiger partial charge in [-0.05, 0) is 13.8 Å². The van der Waals surface area contributed by atoms with Gasteiger partial charge in [0.25, 0.3) is 0 Å². The zero-order valence-corrected chi connectivity index (χ0v) is 7.26. The van der Waals surface area contributed by atoms with Crippen molar-refractivity contribution in [3.63, 3.8) is 0 Å². The van der Waals surface area contributed by atoms with Crippen molar-refractivity contribution in [2.75, 3.05) is 6.73 Å². The second-order valence-corrected chi connectivity index (χ2v) is 3.03. The van der Waals surface area contributed by atoms with E-state index in [2.05, 4.69) is 0 Å². The Balaban J connectivity index is 3.91. The van der Waals surface area contributed by atoms with Crippen molar-refractivity contribution in [3.05, 3.63) is 0 Å². The zero-order chi connectivity index (χ0) is 9.12. The SMILES string of the molecule is CC(C)(N)OC(C)(N)OCN. The fourth-order valence-electron chi connectivity index (χ4n) is 0.717. The van der Waals surface area contributed by atoms with Crippen molar-refractivity contribution in [1.29, 1.82) is 0 Å². The average Bonchev–Trinajstić information content (AvgIpc) is 1.55.